The molecule has 1 fully saturated rings. The molecule has 1 aliphatic rings. The van der Waals surface area contributed by atoms with E-state index in [2.05, 4.69) is 31.3 Å². The Morgan fingerprint density at radius 2 is 1.75 bits per heavy atom. The van der Waals surface area contributed by atoms with E-state index in [4.69, 9.17) is 0 Å². The summed E-state index contributed by atoms with van der Waals surface area (Å²) in [5, 5.41) is 2.90. The fourth-order valence-corrected chi connectivity index (χ4v) is 4.21. The van der Waals surface area contributed by atoms with Crippen molar-refractivity contribution in [2.75, 3.05) is 13.6 Å². The van der Waals surface area contributed by atoms with Crippen molar-refractivity contribution in [1.29, 1.82) is 0 Å². The first-order valence-electron chi connectivity index (χ1n) is 10.1. The Balaban J connectivity index is 1.73. The van der Waals surface area contributed by atoms with Crippen LogP contribution in [0, 0.1) is 19.8 Å². The molecule has 1 saturated carbocycles. The lowest BCUT2D eigenvalue weighted by Crippen LogP contribution is -2.36. The van der Waals surface area contributed by atoms with Crippen molar-refractivity contribution < 1.29 is 9.59 Å². The van der Waals surface area contributed by atoms with E-state index in [0.29, 0.717) is 12.1 Å². The van der Waals surface area contributed by atoms with Crippen LogP contribution in [0.25, 0.3) is 11.1 Å². The maximum atomic E-state index is 13.0. The molecule has 28 heavy (non-hydrogen) atoms. The molecule has 1 aliphatic carbocycles. The van der Waals surface area contributed by atoms with Gasteiger partial charge in [0.1, 0.15) is 0 Å². The molecule has 0 radical (unpaired) electrons. The van der Waals surface area contributed by atoms with Crippen LogP contribution in [-0.2, 0) is 4.79 Å². The lowest BCUT2D eigenvalue weighted by molar-refractivity contribution is -0.124. The summed E-state index contributed by atoms with van der Waals surface area (Å²) in [6, 6.07) is 14.4. The van der Waals surface area contributed by atoms with Crippen molar-refractivity contribution in [1.82, 2.24) is 10.2 Å². The molecule has 2 aromatic carbocycles. The molecule has 148 valence electrons. The zero-order chi connectivity index (χ0) is 20.3. The van der Waals surface area contributed by atoms with Crippen molar-refractivity contribution in [3.05, 3.63) is 59.2 Å². The van der Waals surface area contributed by atoms with Crippen molar-refractivity contribution in [3.63, 3.8) is 0 Å². The number of carbonyl (C=O) groups excluding carboxylic acids is 2. The summed E-state index contributed by atoms with van der Waals surface area (Å²) in [6.07, 6.45) is 2.47. The zero-order valence-electron chi connectivity index (χ0n) is 17.3. The number of hydrogen-bond donors (Lipinski definition) is 1. The van der Waals surface area contributed by atoms with Crippen LogP contribution in [0.15, 0.2) is 42.5 Å². The van der Waals surface area contributed by atoms with Crippen LogP contribution in [0.3, 0.4) is 0 Å². The van der Waals surface area contributed by atoms with E-state index in [0.717, 1.165) is 30.4 Å². The molecule has 0 aliphatic heterocycles. The molecule has 0 bridgehead atoms. The van der Waals surface area contributed by atoms with Gasteiger partial charge in [-0.05, 0) is 74.4 Å². The Kier molecular flexibility index (Phi) is 6.18. The van der Waals surface area contributed by atoms with Gasteiger partial charge in [-0.2, -0.15) is 0 Å². The SMILES string of the molecule is CCNC(=O)C1CCC(N(C)C(=O)c2ccc(-c3ccccc3C)c(C)c2)C1. The van der Waals surface area contributed by atoms with Crippen LogP contribution in [0.2, 0.25) is 0 Å². The zero-order valence-corrected chi connectivity index (χ0v) is 17.3. The second-order valence-electron chi connectivity index (χ2n) is 7.82. The summed E-state index contributed by atoms with van der Waals surface area (Å²) in [7, 11) is 1.86. The van der Waals surface area contributed by atoms with Crippen LogP contribution < -0.4 is 5.32 Å². The molecule has 2 aromatic rings. The first-order valence-corrected chi connectivity index (χ1v) is 10.1. The number of aryl methyl sites for hydroxylation is 2. The van der Waals surface area contributed by atoms with Crippen LogP contribution in [0.1, 0.15) is 47.7 Å². The molecule has 2 amide bonds. The van der Waals surface area contributed by atoms with E-state index in [-0.39, 0.29) is 23.8 Å². The van der Waals surface area contributed by atoms with Gasteiger partial charge in [0.25, 0.3) is 5.91 Å². The molecule has 0 aromatic heterocycles. The summed E-state index contributed by atoms with van der Waals surface area (Å²) in [5.74, 6) is 0.163. The highest BCUT2D eigenvalue weighted by atomic mass is 16.2. The summed E-state index contributed by atoms with van der Waals surface area (Å²) in [5.41, 5.74) is 5.39. The van der Waals surface area contributed by atoms with Gasteiger partial charge >= 0.3 is 0 Å². The van der Waals surface area contributed by atoms with E-state index >= 15 is 0 Å². The quantitative estimate of drug-likeness (QED) is 0.841. The van der Waals surface area contributed by atoms with E-state index in [1.54, 1.807) is 0 Å². The Hall–Kier alpha value is -2.62. The van der Waals surface area contributed by atoms with Gasteiger partial charge < -0.3 is 10.2 Å². The molecule has 0 heterocycles. The fraction of sp³-hybridized carbons (Fsp3) is 0.417. The van der Waals surface area contributed by atoms with Gasteiger partial charge in [-0.3, -0.25) is 9.59 Å². The standard InChI is InChI=1S/C24H30N2O2/c1-5-25-23(27)18-10-12-20(15-18)26(4)24(28)19-11-13-22(17(3)14-19)21-9-7-6-8-16(21)2/h6-9,11,13-14,18,20H,5,10,12,15H2,1-4H3,(H,25,27). The van der Waals surface area contributed by atoms with Crippen LogP contribution in [0.5, 0.6) is 0 Å². The predicted molar refractivity (Wildman–Crippen MR) is 113 cm³/mol. The maximum absolute atomic E-state index is 13.0. The normalized spacial score (nSPS) is 18.7. The number of carbonyl (C=O) groups is 2. The number of rotatable bonds is 5. The highest BCUT2D eigenvalue weighted by Gasteiger charge is 2.33. The van der Waals surface area contributed by atoms with E-state index < -0.39 is 0 Å². The smallest absolute Gasteiger partial charge is 0.253 e. The highest BCUT2D eigenvalue weighted by Crippen LogP contribution is 2.31. The maximum Gasteiger partial charge on any atom is 0.253 e. The summed E-state index contributed by atoms with van der Waals surface area (Å²) in [4.78, 5) is 26.9. The van der Waals surface area contributed by atoms with Crippen molar-refractivity contribution in [3.8, 4) is 11.1 Å². The lowest BCUT2D eigenvalue weighted by Gasteiger charge is -2.25. The Morgan fingerprint density at radius 1 is 1.04 bits per heavy atom. The summed E-state index contributed by atoms with van der Waals surface area (Å²) in [6.45, 7) is 6.75. The third-order valence-electron chi connectivity index (χ3n) is 5.90. The van der Waals surface area contributed by atoms with Gasteiger partial charge in [0.15, 0.2) is 0 Å². The number of benzene rings is 2. The van der Waals surface area contributed by atoms with Gasteiger partial charge in [-0.1, -0.05) is 30.3 Å². The van der Waals surface area contributed by atoms with E-state index in [1.165, 1.54) is 11.1 Å². The monoisotopic (exact) mass is 378 g/mol. The number of nitrogens with zero attached hydrogens (tertiary/aromatic N) is 1. The van der Waals surface area contributed by atoms with E-state index in [1.807, 2.05) is 49.2 Å². The van der Waals surface area contributed by atoms with Gasteiger partial charge in [-0.15, -0.1) is 0 Å². The molecule has 0 saturated heterocycles. The topological polar surface area (TPSA) is 49.4 Å². The molecule has 4 heteroatoms. The van der Waals surface area contributed by atoms with Gasteiger partial charge in [0.05, 0.1) is 0 Å². The Bertz CT molecular complexity index is 875. The lowest BCUT2D eigenvalue weighted by atomic mass is 9.95. The second-order valence-corrected chi connectivity index (χ2v) is 7.82. The molecule has 1 N–H and O–H groups in total. The second kappa shape index (κ2) is 8.59. The Labute approximate surface area is 167 Å². The van der Waals surface area contributed by atoms with Crippen molar-refractivity contribution >= 4 is 11.8 Å². The Morgan fingerprint density at radius 3 is 2.43 bits per heavy atom. The fourth-order valence-electron chi connectivity index (χ4n) is 4.21. The summed E-state index contributed by atoms with van der Waals surface area (Å²) >= 11 is 0. The number of nitrogens with one attached hydrogen (secondary N) is 1. The highest BCUT2D eigenvalue weighted by molar-refractivity contribution is 5.95. The first kappa shape index (κ1) is 20.1. The minimum atomic E-state index is 0.0189. The predicted octanol–water partition coefficient (Wildman–Crippen LogP) is 4.35. The summed E-state index contributed by atoms with van der Waals surface area (Å²) < 4.78 is 0. The molecule has 2 atom stereocenters. The average molecular weight is 379 g/mol. The molecular formula is C24H30N2O2. The minimum absolute atomic E-state index is 0.0189. The third-order valence-corrected chi connectivity index (χ3v) is 5.90. The van der Waals surface area contributed by atoms with Crippen molar-refractivity contribution in [2.45, 2.75) is 46.1 Å². The molecule has 4 nitrogen and oxygen atoms in total. The minimum Gasteiger partial charge on any atom is -0.356 e. The molecule has 0 spiro atoms. The molecule has 2 unspecified atom stereocenters. The number of amides is 2. The van der Waals surface area contributed by atoms with Crippen molar-refractivity contribution in [2.24, 2.45) is 5.92 Å². The van der Waals surface area contributed by atoms with Crippen LogP contribution in [0.4, 0.5) is 0 Å². The number of hydrogen-bond acceptors (Lipinski definition) is 2. The van der Waals surface area contributed by atoms with Gasteiger partial charge in [0, 0.05) is 31.1 Å². The van der Waals surface area contributed by atoms with Crippen LogP contribution in [-0.4, -0.2) is 36.3 Å². The molecular weight excluding hydrogens is 348 g/mol. The van der Waals surface area contributed by atoms with Crippen LogP contribution >= 0.6 is 0 Å². The van der Waals surface area contributed by atoms with Gasteiger partial charge in [-0.25, -0.2) is 0 Å². The molecule has 3 rings (SSSR count). The van der Waals surface area contributed by atoms with Gasteiger partial charge in [0.2, 0.25) is 5.91 Å². The first-order chi connectivity index (χ1) is 13.4. The third kappa shape index (κ3) is 4.11. The largest absolute Gasteiger partial charge is 0.356 e. The van der Waals surface area contributed by atoms with E-state index in [9.17, 15) is 9.59 Å². The average Bonchev–Trinajstić information content (AvgIpc) is 3.18.